The third-order valence-electron chi connectivity index (χ3n) is 6.77. The van der Waals surface area contributed by atoms with Gasteiger partial charge < -0.3 is 44.2 Å². The number of fused-ring (bicyclic) bond motifs is 1. The number of phenols is 2. The van der Waals surface area contributed by atoms with Crippen molar-refractivity contribution in [3.05, 3.63) is 52.2 Å². The monoisotopic (exact) mass is 530 g/mol. The number of benzene rings is 2. The molecule has 1 fully saturated rings. The molecule has 0 bridgehead atoms. The van der Waals surface area contributed by atoms with Crippen LogP contribution in [-0.4, -0.2) is 69.6 Å². The molecule has 0 radical (unpaired) electrons. The Kier molecular flexibility index (Phi) is 7.93. The van der Waals surface area contributed by atoms with Crippen LogP contribution in [0.4, 0.5) is 0 Å². The molecule has 38 heavy (non-hydrogen) atoms. The van der Waals surface area contributed by atoms with Crippen molar-refractivity contribution in [2.45, 2.75) is 50.8 Å². The maximum absolute atomic E-state index is 13.2. The molecular weight excluding hydrogens is 500 g/mol. The molecule has 1 saturated heterocycles. The lowest BCUT2D eigenvalue weighted by molar-refractivity contribution is -0.242. The number of hydrogen-bond acceptors (Lipinski definition) is 11. The summed E-state index contributed by atoms with van der Waals surface area (Å²) in [6.45, 7) is 2.74. The van der Waals surface area contributed by atoms with Crippen LogP contribution in [0.15, 0.2) is 45.6 Å². The Labute approximate surface area is 217 Å². The Bertz CT molecular complexity index is 1360. The Morgan fingerprint density at radius 2 is 1.79 bits per heavy atom. The highest BCUT2D eigenvalue weighted by Crippen LogP contribution is 2.45. The van der Waals surface area contributed by atoms with Crippen molar-refractivity contribution in [2.24, 2.45) is 5.92 Å². The topological polar surface area (TPSA) is 176 Å². The van der Waals surface area contributed by atoms with Crippen molar-refractivity contribution < 1.29 is 49.0 Å². The van der Waals surface area contributed by atoms with E-state index in [1.807, 2.05) is 0 Å². The van der Waals surface area contributed by atoms with Gasteiger partial charge in [-0.05, 0) is 30.7 Å². The number of aliphatic hydroxyl groups is 3. The highest BCUT2D eigenvalue weighted by Gasteiger charge is 2.49. The molecule has 0 saturated carbocycles. The quantitative estimate of drug-likeness (QED) is 0.282. The second kappa shape index (κ2) is 11.0. The first-order chi connectivity index (χ1) is 18.1. The van der Waals surface area contributed by atoms with Gasteiger partial charge in [0, 0.05) is 17.7 Å². The lowest BCUT2D eigenvalue weighted by Gasteiger charge is -2.42. The number of aliphatic hydroxyl groups excluding tert-OH is 3. The maximum atomic E-state index is 13.2. The van der Waals surface area contributed by atoms with E-state index in [-0.39, 0.29) is 33.8 Å². The number of methoxy groups -OCH3 is 1. The van der Waals surface area contributed by atoms with Crippen LogP contribution in [0.3, 0.4) is 0 Å². The second-order valence-electron chi connectivity index (χ2n) is 9.21. The molecule has 3 aromatic rings. The van der Waals surface area contributed by atoms with Crippen LogP contribution in [-0.2, 0) is 14.3 Å². The molecule has 4 rings (SSSR count). The fourth-order valence-corrected chi connectivity index (χ4v) is 4.39. The van der Waals surface area contributed by atoms with Crippen molar-refractivity contribution >= 4 is 16.9 Å². The van der Waals surface area contributed by atoms with Crippen LogP contribution in [0.1, 0.15) is 31.9 Å². The van der Waals surface area contributed by atoms with E-state index in [0.717, 1.165) is 6.07 Å². The van der Waals surface area contributed by atoms with Crippen LogP contribution in [0.25, 0.3) is 22.3 Å². The molecule has 0 amide bonds. The zero-order valence-corrected chi connectivity index (χ0v) is 21.0. The van der Waals surface area contributed by atoms with Crippen LogP contribution in [0.5, 0.6) is 17.2 Å². The molecule has 2 heterocycles. The van der Waals surface area contributed by atoms with Gasteiger partial charge in [-0.15, -0.1) is 0 Å². The molecule has 0 aliphatic carbocycles. The molecule has 6 atom stereocenters. The highest BCUT2D eigenvalue weighted by atomic mass is 16.6. The van der Waals surface area contributed by atoms with Crippen molar-refractivity contribution in [1.29, 1.82) is 0 Å². The van der Waals surface area contributed by atoms with Gasteiger partial charge in [0.2, 0.25) is 0 Å². The number of carbonyl (C=O) groups is 1. The van der Waals surface area contributed by atoms with Gasteiger partial charge in [-0.25, -0.2) is 0 Å². The lowest BCUT2D eigenvalue weighted by Crippen LogP contribution is -2.56. The molecule has 2 aromatic carbocycles. The van der Waals surface area contributed by atoms with Gasteiger partial charge in [-0.3, -0.25) is 9.59 Å². The molecular formula is C27H30O11. The number of ether oxygens (including phenoxy) is 3. The van der Waals surface area contributed by atoms with Crippen LogP contribution >= 0.6 is 0 Å². The molecule has 204 valence electrons. The van der Waals surface area contributed by atoms with Crippen molar-refractivity contribution in [1.82, 2.24) is 0 Å². The van der Waals surface area contributed by atoms with E-state index in [2.05, 4.69) is 0 Å². The van der Waals surface area contributed by atoms with Gasteiger partial charge in [-0.2, -0.15) is 0 Å². The Morgan fingerprint density at radius 1 is 1.11 bits per heavy atom. The molecule has 11 heteroatoms. The third-order valence-corrected chi connectivity index (χ3v) is 6.77. The summed E-state index contributed by atoms with van der Waals surface area (Å²) in [5.41, 5.74) is -0.335. The molecule has 1 aromatic heterocycles. The fraction of sp³-hybridized carbons (Fsp3) is 0.407. The summed E-state index contributed by atoms with van der Waals surface area (Å²) in [6, 6.07) is 8.19. The van der Waals surface area contributed by atoms with Gasteiger partial charge in [-0.1, -0.05) is 13.8 Å². The average molecular weight is 531 g/mol. The average Bonchev–Trinajstić information content (AvgIpc) is 2.91. The van der Waals surface area contributed by atoms with E-state index in [1.165, 1.54) is 37.4 Å². The van der Waals surface area contributed by atoms with Crippen molar-refractivity contribution in [2.75, 3.05) is 13.7 Å². The molecule has 1 unspecified atom stereocenters. The molecule has 5 N–H and O–H groups in total. The predicted octanol–water partition coefficient (Wildman–Crippen LogP) is 1.99. The van der Waals surface area contributed by atoms with E-state index in [4.69, 9.17) is 18.6 Å². The van der Waals surface area contributed by atoms with Gasteiger partial charge in [0.05, 0.1) is 25.2 Å². The summed E-state index contributed by atoms with van der Waals surface area (Å²) in [6.07, 6.45) is -6.98. The minimum atomic E-state index is -1.68. The standard InChI is InChI=1S/C27H30O11/c1-4-12(2)27(34)38-26-23(33)22(32)19(11-28)37-25(26)21-18(35-3)10-16(31)20-15(30)9-17(36-24(20)21)13-5-7-14(29)8-6-13/h5-10,12,19,22-23,25-26,28-29,31-33H,4,11H2,1-3H3/t12?,19-,22-,23+,25+,26-/m1/s1. The first-order valence-corrected chi connectivity index (χ1v) is 12.1. The summed E-state index contributed by atoms with van der Waals surface area (Å²) in [5.74, 6) is -1.58. The molecule has 11 nitrogen and oxygen atoms in total. The normalized spacial score (nSPS) is 24.2. The summed E-state index contributed by atoms with van der Waals surface area (Å²) in [7, 11) is 1.30. The summed E-state index contributed by atoms with van der Waals surface area (Å²) in [5, 5.41) is 51.4. The zero-order valence-electron chi connectivity index (χ0n) is 21.0. The van der Waals surface area contributed by atoms with Gasteiger partial charge in [0.15, 0.2) is 17.1 Å². The third kappa shape index (κ3) is 4.93. The number of hydrogen-bond donors (Lipinski definition) is 5. The van der Waals surface area contributed by atoms with Gasteiger partial charge in [0.1, 0.15) is 52.8 Å². The van der Waals surface area contributed by atoms with Crippen LogP contribution in [0, 0.1) is 5.92 Å². The number of esters is 1. The van der Waals surface area contributed by atoms with E-state index in [0.29, 0.717) is 12.0 Å². The minimum absolute atomic E-state index is 0.000973. The van der Waals surface area contributed by atoms with Crippen LogP contribution in [0.2, 0.25) is 0 Å². The van der Waals surface area contributed by atoms with E-state index in [1.54, 1.807) is 13.8 Å². The predicted molar refractivity (Wildman–Crippen MR) is 134 cm³/mol. The molecule has 1 aliphatic heterocycles. The smallest absolute Gasteiger partial charge is 0.309 e. The molecule has 1 aliphatic rings. The van der Waals surface area contributed by atoms with E-state index >= 15 is 0 Å². The minimum Gasteiger partial charge on any atom is -0.508 e. The Balaban J connectivity index is 1.98. The number of aromatic hydroxyl groups is 2. The Morgan fingerprint density at radius 3 is 2.39 bits per heavy atom. The largest absolute Gasteiger partial charge is 0.508 e. The van der Waals surface area contributed by atoms with Gasteiger partial charge >= 0.3 is 5.97 Å². The number of phenolic OH excluding ortho intramolecular Hbond substituents is 2. The lowest BCUT2D eigenvalue weighted by atomic mass is 9.89. The second-order valence-corrected chi connectivity index (χ2v) is 9.21. The maximum Gasteiger partial charge on any atom is 0.309 e. The van der Waals surface area contributed by atoms with E-state index < -0.39 is 60.2 Å². The van der Waals surface area contributed by atoms with Gasteiger partial charge in [0.25, 0.3) is 0 Å². The Hall–Kier alpha value is -3.64. The van der Waals surface area contributed by atoms with Crippen LogP contribution < -0.4 is 10.2 Å². The highest BCUT2D eigenvalue weighted by molar-refractivity contribution is 5.90. The first kappa shape index (κ1) is 27.4. The molecule has 0 spiro atoms. The fourth-order valence-electron chi connectivity index (χ4n) is 4.39. The van der Waals surface area contributed by atoms with Crippen molar-refractivity contribution in [3.63, 3.8) is 0 Å². The summed E-state index contributed by atoms with van der Waals surface area (Å²) < 4.78 is 23.1. The first-order valence-electron chi connectivity index (χ1n) is 12.1. The van der Waals surface area contributed by atoms with E-state index in [9.17, 15) is 35.1 Å². The summed E-state index contributed by atoms with van der Waals surface area (Å²) in [4.78, 5) is 25.9. The number of carbonyl (C=O) groups excluding carboxylic acids is 1. The zero-order chi connectivity index (χ0) is 27.7. The van der Waals surface area contributed by atoms with Crippen molar-refractivity contribution in [3.8, 4) is 28.6 Å². The summed E-state index contributed by atoms with van der Waals surface area (Å²) >= 11 is 0. The number of rotatable bonds is 7. The SMILES string of the molecule is CCC(C)C(=O)O[C@@H]1[C@@H](O)[C@H](O)[C@@H](CO)O[C@H]1c1c(OC)cc(O)c2c(=O)cc(-c3ccc(O)cc3)oc12.